The molecule has 1 amide bonds. The third kappa shape index (κ3) is 7.85. The zero-order chi connectivity index (χ0) is 24.5. The summed E-state index contributed by atoms with van der Waals surface area (Å²) in [5.41, 5.74) is 6.92. The zero-order valence-electron chi connectivity index (χ0n) is 19.7. The number of thioether (sulfide) groups is 1. The second-order valence-corrected chi connectivity index (χ2v) is 9.97. The molecule has 0 bridgehead atoms. The van der Waals surface area contributed by atoms with Crippen LogP contribution in [0.4, 0.5) is 5.69 Å². The molecular weight excluding hydrogens is 512 g/mol. The summed E-state index contributed by atoms with van der Waals surface area (Å²) >= 11 is 4.75. The first-order valence-corrected chi connectivity index (χ1v) is 12.7. The molecule has 0 aliphatic rings. The fourth-order valence-corrected chi connectivity index (χ4v) is 4.01. The van der Waals surface area contributed by atoms with E-state index in [1.807, 2.05) is 48.9 Å². The smallest absolute Gasteiger partial charge is 0.250 e. The number of anilines is 1. The normalized spacial score (nSPS) is 11.9. The van der Waals surface area contributed by atoms with Crippen LogP contribution in [0.5, 0.6) is 0 Å². The van der Waals surface area contributed by atoms with E-state index in [9.17, 15) is 4.79 Å². The van der Waals surface area contributed by atoms with Gasteiger partial charge in [0.05, 0.1) is 18.5 Å². The molecule has 0 atom stereocenters. The highest BCUT2D eigenvalue weighted by molar-refractivity contribution is 9.10. The quantitative estimate of drug-likeness (QED) is 0.198. The summed E-state index contributed by atoms with van der Waals surface area (Å²) in [5.74, 6) is 1.29. The monoisotopic (exact) mass is 540 g/mol. The van der Waals surface area contributed by atoms with E-state index in [1.54, 1.807) is 6.21 Å². The lowest BCUT2D eigenvalue weighted by Gasteiger charge is -2.07. The third-order valence-electron chi connectivity index (χ3n) is 5.01. The van der Waals surface area contributed by atoms with Crippen molar-refractivity contribution >= 4 is 51.6 Å². The lowest BCUT2D eigenvalue weighted by Crippen LogP contribution is -2.20. The van der Waals surface area contributed by atoms with E-state index < -0.39 is 0 Å². The fraction of sp³-hybridized carbons (Fsp3) is 0.280. The molecule has 9 heteroatoms. The van der Waals surface area contributed by atoms with Crippen LogP contribution in [0.25, 0.3) is 6.08 Å². The Balaban J connectivity index is 1.44. The van der Waals surface area contributed by atoms with E-state index in [1.165, 1.54) is 17.3 Å². The summed E-state index contributed by atoms with van der Waals surface area (Å²) in [4.78, 5) is 12.2. The maximum Gasteiger partial charge on any atom is 0.250 e. The number of carbonyl (C=O) groups excluding carboxylic acids is 1. The average molecular weight is 542 g/mol. The molecule has 178 valence electrons. The van der Waals surface area contributed by atoms with Crippen LogP contribution in [-0.2, 0) is 18.4 Å². The Kier molecular flexibility index (Phi) is 9.47. The Morgan fingerprint density at radius 2 is 1.85 bits per heavy atom. The summed E-state index contributed by atoms with van der Waals surface area (Å²) in [6.07, 6.45) is 3.67. The Bertz CT molecular complexity index is 1150. The van der Waals surface area contributed by atoms with Gasteiger partial charge in [0.1, 0.15) is 0 Å². The molecule has 2 aromatic carbocycles. The van der Waals surface area contributed by atoms with Crippen LogP contribution in [0, 0.1) is 0 Å². The second-order valence-electron chi connectivity index (χ2n) is 8.11. The van der Waals surface area contributed by atoms with Crippen molar-refractivity contribution in [1.82, 2.24) is 20.2 Å². The Labute approximate surface area is 213 Å². The SMILES string of the molecule is CC(/C=N\NC(=O)CSc1nnc(CNc2ccc(Br)cc2)n1C)=C\c1ccc(C(C)C)cc1. The number of nitrogens with one attached hydrogen (secondary N) is 2. The number of aromatic nitrogens is 3. The van der Waals surface area contributed by atoms with E-state index in [-0.39, 0.29) is 11.7 Å². The number of hydrogen-bond acceptors (Lipinski definition) is 6. The van der Waals surface area contributed by atoms with E-state index in [2.05, 4.69) is 80.1 Å². The number of rotatable bonds is 10. The van der Waals surface area contributed by atoms with Gasteiger partial charge >= 0.3 is 0 Å². The van der Waals surface area contributed by atoms with Crippen LogP contribution in [0.1, 0.15) is 43.6 Å². The van der Waals surface area contributed by atoms with E-state index in [4.69, 9.17) is 0 Å². The largest absolute Gasteiger partial charge is 0.378 e. The van der Waals surface area contributed by atoms with Gasteiger partial charge in [0.15, 0.2) is 11.0 Å². The van der Waals surface area contributed by atoms with Crippen molar-refractivity contribution in [3.8, 4) is 0 Å². The molecule has 3 aromatic rings. The molecule has 7 nitrogen and oxygen atoms in total. The van der Waals surface area contributed by atoms with Crippen molar-refractivity contribution in [1.29, 1.82) is 0 Å². The van der Waals surface area contributed by atoms with Crippen LogP contribution < -0.4 is 10.7 Å². The summed E-state index contributed by atoms with van der Waals surface area (Å²) in [6, 6.07) is 16.4. The fourth-order valence-electron chi connectivity index (χ4n) is 3.02. The maximum absolute atomic E-state index is 12.2. The number of hydrogen-bond donors (Lipinski definition) is 2. The minimum absolute atomic E-state index is 0.197. The van der Waals surface area contributed by atoms with E-state index in [0.717, 1.165) is 27.1 Å². The van der Waals surface area contributed by atoms with Gasteiger partial charge in [-0.15, -0.1) is 10.2 Å². The molecule has 34 heavy (non-hydrogen) atoms. The van der Waals surface area contributed by atoms with Crippen LogP contribution in [0.3, 0.4) is 0 Å². The molecule has 0 fully saturated rings. The van der Waals surface area contributed by atoms with Gasteiger partial charge in [0.25, 0.3) is 5.91 Å². The Morgan fingerprint density at radius 1 is 1.15 bits per heavy atom. The molecule has 0 aliphatic heterocycles. The highest BCUT2D eigenvalue weighted by Crippen LogP contribution is 2.18. The Hall–Kier alpha value is -2.91. The summed E-state index contributed by atoms with van der Waals surface area (Å²) in [7, 11) is 1.89. The van der Waals surface area contributed by atoms with Crippen molar-refractivity contribution in [2.24, 2.45) is 12.1 Å². The number of halogens is 1. The van der Waals surface area contributed by atoms with E-state index in [0.29, 0.717) is 17.6 Å². The Morgan fingerprint density at radius 3 is 2.53 bits per heavy atom. The first kappa shape index (κ1) is 25.7. The van der Waals surface area contributed by atoms with Crippen molar-refractivity contribution < 1.29 is 4.79 Å². The number of benzene rings is 2. The molecule has 3 rings (SSSR count). The van der Waals surface area contributed by atoms with Crippen LogP contribution >= 0.6 is 27.7 Å². The topological polar surface area (TPSA) is 84.2 Å². The van der Waals surface area contributed by atoms with Crippen molar-refractivity contribution in [2.45, 2.75) is 38.4 Å². The average Bonchev–Trinajstić information content (AvgIpc) is 3.17. The predicted molar refractivity (Wildman–Crippen MR) is 144 cm³/mol. The number of carbonyl (C=O) groups is 1. The lowest BCUT2D eigenvalue weighted by atomic mass is 10.0. The molecule has 0 unspecified atom stereocenters. The zero-order valence-corrected chi connectivity index (χ0v) is 22.2. The minimum atomic E-state index is -0.201. The summed E-state index contributed by atoms with van der Waals surface area (Å²) in [6.45, 7) is 6.84. The molecule has 0 saturated heterocycles. The summed E-state index contributed by atoms with van der Waals surface area (Å²) < 4.78 is 2.91. The standard InChI is InChI=1S/C25H29BrN6OS/c1-17(2)20-7-5-19(6-8-20)13-18(3)14-28-30-24(33)16-34-25-31-29-23(32(25)4)15-27-22-11-9-21(26)10-12-22/h5-14,17,27H,15-16H2,1-4H3,(H,30,33)/b18-13+,28-14-. The van der Waals surface area contributed by atoms with Gasteiger partial charge in [-0.1, -0.05) is 71.9 Å². The molecule has 0 aliphatic carbocycles. The minimum Gasteiger partial charge on any atom is -0.378 e. The van der Waals surface area contributed by atoms with Crippen molar-refractivity contribution in [2.75, 3.05) is 11.1 Å². The van der Waals surface area contributed by atoms with Crippen molar-refractivity contribution in [3.05, 3.63) is 75.5 Å². The third-order valence-corrected chi connectivity index (χ3v) is 6.56. The van der Waals surface area contributed by atoms with Gasteiger partial charge < -0.3 is 9.88 Å². The number of nitrogens with zero attached hydrogens (tertiary/aromatic N) is 4. The highest BCUT2D eigenvalue weighted by atomic mass is 79.9. The number of amides is 1. The highest BCUT2D eigenvalue weighted by Gasteiger charge is 2.11. The molecule has 0 saturated carbocycles. The first-order chi connectivity index (χ1) is 16.3. The molecule has 0 spiro atoms. The maximum atomic E-state index is 12.2. The summed E-state index contributed by atoms with van der Waals surface area (Å²) in [5, 5.41) is 16.5. The van der Waals surface area contributed by atoms with Crippen molar-refractivity contribution in [3.63, 3.8) is 0 Å². The molecule has 2 N–H and O–H groups in total. The van der Waals surface area contributed by atoms with Gasteiger partial charge in [0.2, 0.25) is 0 Å². The van der Waals surface area contributed by atoms with Gasteiger partial charge in [0, 0.05) is 17.2 Å². The second kappa shape index (κ2) is 12.5. The van der Waals surface area contributed by atoms with Crippen LogP contribution in [0.2, 0.25) is 0 Å². The molecule has 1 aromatic heterocycles. The van der Waals surface area contributed by atoms with E-state index >= 15 is 0 Å². The van der Waals surface area contributed by atoms with Gasteiger partial charge in [-0.25, -0.2) is 5.43 Å². The first-order valence-electron chi connectivity index (χ1n) is 10.9. The predicted octanol–water partition coefficient (Wildman–Crippen LogP) is 5.61. The van der Waals surface area contributed by atoms with Gasteiger partial charge in [-0.3, -0.25) is 4.79 Å². The number of hydrazone groups is 1. The molecular formula is C25H29BrN6OS. The molecule has 1 heterocycles. The van der Waals surface area contributed by atoms with Gasteiger partial charge in [-0.2, -0.15) is 5.10 Å². The lowest BCUT2D eigenvalue weighted by molar-refractivity contribution is -0.118. The number of allylic oxidation sites excluding steroid dienone is 1. The molecule has 0 radical (unpaired) electrons. The van der Waals surface area contributed by atoms with Crippen LogP contribution in [0.15, 0.2) is 68.8 Å². The van der Waals surface area contributed by atoms with Crippen LogP contribution in [-0.4, -0.2) is 32.6 Å². The van der Waals surface area contributed by atoms with Gasteiger partial charge in [-0.05, 0) is 53.8 Å².